The van der Waals surface area contributed by atoms with Crippen LogP contribution in [0.25, 0.3) is 11.2 Å². The summed E-state index contributed by atoms with van der Waals surface area (Å²) in [5, 5.41) is 0.434. The van der Waals surface area contributed by atoms with Crippen molar-refractivity contribution < 1.29 is 8.85 Å². The van der Waals surface area contributed by atoms with Crippen LogP contribution in [0.1, 0.15) is 54.0 Å². The monoisotopic (exact) mass is 497 g/mol. The Morgan fingerprint density at radius 1 is 1.03 bits per heavy atom. The van der Waals surface area contributed by atoms with Gasteiger partial charge in [-0.25, -0.2) is 4.98 Å². The molecule has 2 heterocycles. The first kappa shape index (κ1) is 25.6. The van der Waals surface area contributed by atoms with E-state index in [2.05, 4.69) is 87.2 Å². The van der Waals surface area contributed by atoms with Gasteiger partial charge in [0.1, 0.15) is 5.52 Å². The maximum Gasteiger partial charge on any atom is 0.226 e. The molecule has 2 aromatic heterocycles. The first-order chi connectivity index (χ1) is 14.4. The van der Waals surface area contributed by atoms with Crippen molar-refractivity contribution in [3.63, 3.8) is 0 Å². The Bertz CT molecular complexity index is 965. The van der Waals surface area contributed by atoms with Crippen molar-refractivity contribution in [3.8, 4) is 0 Å². The summed E-state index contributed by atoms with van der Waals surface area (Å²) >= 11 is 6.11. The Balaban J connectivity index is 1.91. The highest BCUT2D eigenvalue weighted by Gasteiger charge is 2.58. The van der Waals surface area contributed by atoms with Crippen LogP contribution >= 0.6 is 11.6 Å². The Labute approximate surface area is 199 Å². The molecule has 0 bridgehead atoms. The minimum absolute atomic E-state index is 0.120. The molecule has 0 spiro atoms. The van der Waals surface area contributed by atoms with Crippen LogP contribution in [-0.2, 0) is 8.85 Å². The van der Waals surface area contributed by atoms with Crippen LogP contribution in [0.5, 0.6) is 0 Å². The molecule has 2 aromatic rings. The van der Waals surface area contributed by atoms with Gasteiger partial charge in [-0.05, 0) is 54.3 Å². The molecule has 1 saturated carbocycles. The summed E-state index contributed by atoms with van der Waals surface area (Å²) in [4.78, 5) is 12.9. The Kier molecular flexibility index (Phi) is 6.44. The maximum atomic E-state index is 6.72. The van der Waals surface area contributed by atoms with Crippen LogP contribution < -0.4 is 5.73 Å². The molecule has 1 fully saturated rings. The highest BCUT2D eigenvalue weighted by Crippen LogP contribution is 2.59. The second kappa shape index (κ2) is 8.04. The summed E-state index contributed by atoms with van der Waals surface area (Å²) in [6, 6.07) is 0.174. The van der Waals surface area contributed by atoms with Crippen molar-refractivity contribution >= 4 is 45.2 Å². The van der Waals surface area contributed by atoms with E-state index in [-0.39, 0.29) is 26.8 Å². The Morgan fingerprint density at radius 2 is 1.53 bits per heavy atom. The second-order valence-corrected chi connectivity index (χ2v) is 22.3. The molecule has 32 heavy (non-hydrogen) atoms. The lowest BCUT2D eigenvalue weighted by molar-refractivity contribution is 0.131. The molecule has 0 aliphatic heterocycles. The fourth-order valence-corrected chi connectivity index (χ4v) is 5.63. The molecule has 0 saturated heterocycles. The third kappa shape index (κ3) is 4.77. The van der Waals surface area contributed by atoms with E-state index in [1.165, 1.54) is 0 Å². The summed E-state index contributed by atoms with van der Waals surface area (Å²) in [5.41, 5.74) is 7.18. The van der Waals surface area contributed by atoms with Gasteiger partial charge in [0, 0.05) is 24.7 Å². The van der Waals surface area contributed by atoms with Crippen LogP contribution in [0, 0.1) is 5.41 Å². The predicted octanol–water partition coefficient (Wildman–Crippen LogP) is 6.04. The van der Waals surface area contributed by atoms with E-state index in [0.29, 0.717) is 30.2 Å². The van der Waals surface area contributed by atoms with Gasteiger partial charge in [-0.2, -0.15) is 9.97 Å². The number of fused-ring (bicyclic) bond motifs is 1. The van der Waals surface area contributed by atoms with Crippen molar-refractivity contribution in [1.82, 2.24) is 19.5 Å². The zero-order valence-electron chi connectivity index (χ0n) is 21.3. The number of hydrogen-bond acceptors (Lipinski definition) is 6. The van der Waals surface area contributed by atoms with Gasteiger partial charge in [-0.15, -0.1) is 0 Å². The SMILES string of the molecule is CC(C)(C)[Si](C)(C)OCC1(CO[Si](C)(C)C(C)(C)C)CC1n1cnc2c(N)nc(Cl)nc21. The molecule has 10 heteroatoms. The fraction of sp³-hybridized carbons (Fsp3) is 0.773. The van der Waals surface area contributed by atoms with Gasteiger partial charge in [0.05, 0.1) is 6.33 Å². The van der Waals surface area contributed by atoms with E-state index in [1.54, 1.807) is 6.33 Å². The molecule has 1 aliphatic carbocycles. The zero-order chi connectivity index (χ0) is 24.3. The van der Waals surface area contributed by atoms with Crippen molar-refractivity contribution in [2.75, 3.05) is 18.9 Å². The Hall–Kier alpha value is -1.01. The maximum absolute atomic E-state index is 6.72. The van der Waals surface area contributed by atoms with Gasteiger partial charge in [-0.3, -0.25) is 0 Å². The van der Waals surface area contributed by atoms with E-state index in [0.717, 1.165) is 6.42 Å². The van der Waals surface area contributed by atoms with Gasteiger partial charge in [0.25, 0.3) is 0 Å². The molecule has 0 radical (unpaired) electrons. The quantitative estimate of drug-likeness (QED) is 0.370. The lowest BCUT2D eigenvalue weighted by Crippen LogP contribution is -2.45. The third-order valence-electron chi connectivity index (χ3n) is 7.96. The lowest BCUT2D eigenvalue weighted by Gasteiger charge is -2.40. The summed E-state index contributed by atoms with van der Waals surface area (Å²) in [6.07, 6.45) is 2.75. The average molecular weight is 498 g/mol. The Morgan fingerprint density at radius 3 is 2.00 bits per heavy atom. The van der Waals surface area contributed by atoms with Crippen molar-refractivity contribution in [1.29, 1.82) is 0 Å². The second-order valence-electron chi connectivity index (χ2n) is 12.4. The van der Waals surface area contributed by atoms with Crippen LogP contribution in [0.2, 0.25) is 41.5 Å². The minimum atomic E-state index is -1.91. The number of nitrogens with two attached hydrogens (primary N) is 1. The summed E-state index contributed by atoms with van der Waals surface area (Å²) in [7, 11) is -3.82. The molecular formula is C22H40ClN5O2Si2. The van der Waals surface area contributed by atoms with E-state index in [4.69, 9.17) is 26.2 Å². The summed E-state index contributed by atoms with van der Waals surface area (Å²) in [6.45, 7) is 24.1. The summed E-state index contributed by atoms with van der Waals surface area (Å²) < 4.78 is 15.5. The number of anilines is 1. The smallest absolute Gasteiger partial charge is 0.226 e. The van der Waals surface area contributed by atoms with Crippen molar-refractivity contribution in [2.24, 2.45) is 5.41 Å². The van der Waals surface area contributed by atoms with Gasteiger partial charge in [0.15, 0.2) is 28.1 Å². The molecule has 7 nitrogen and oxygen atoms in total. The zero-order valence-corrected chi connectivity index (χ0v) is 24.1. The number of rotatable bonds is 7. The lowest BCUT2D eigenvalue weighted by atomic mass is 10.1. The number of nitrogen functional groups attached to an aromatic ring is 1. The molecule has 1 unspecified atom stereocenters. The fourth-order valence-electron chi connectivity index (χ4n) is 3.29. The molecule has 3 rings (SSSR count). The van der Waals surface area contributed by atoms with E-state index in [9.17, 15) is 0 Å². The number of halogens is 1. The molecule has 1 aliphatic rings. The molecule has 0 aromatic carbocycles. The van der Waals surface area contributed by atoms with Gasteiger partial charge >= 0.3 is 0 Å². The average Bonchev–Trinajstić information content (AvgIpc) is 3.17. The minimum Gasteiger partial charge on any atom is -0.416 e. The molecular weight excluding hydrogens is 458 g/mol. The number of nitrogens with zero attached hydrogens (tertiary/aromatic N) is 4. The molecule has 0 amide bonds. The number of aromatic nitrogens is 4. The molecule has 2 N–H and O–H groups in total. The van der Waals surface area contributed by atoms with E-state index in [1.807, 2.05) is 0 Å². The molecule has 1 atom stereocenters. The largest absolute Gasteiger partial charge is 0.416 e. The summed E-state index contributed by atoms with van der Waals surface area (Å²) in [5.74, 6) is 0.306. The highest BCUT2D eigenvalue weighted by atomic mass is 35.5. The van der Waals surface area contributed by atoms with Crippen LogP contribution in [0.3, 0.4) is 0 Å². The topological polar surface area (TPSA) is 88.1 Å². The predicted molar refractivity (Wildman–Crippen MR) is 137 cm³/mol. The first-order valence-corrected chi connectivity index (χ1v) is 17.5. The van der Waals surface area contributed by atoms with E-state index < -0.39 is 16.6 Å². The van der Waals surface area contributed by atoms with Gasteiger partial charge in [-0.1, -0.05) is 41.5 Å². The molecule has 180 valence electrons. The van der Waals surface area contributed by atoms with Gasteiger partial charge in [0.2, 0.25) is 5.28 Å². The standard InChI is InChI=1S/C22H40ClN5O2Si2/c1-20(2,3)31(7,8)29-12-22(13-30-32(9,10)21(4,5)6)11-15(22)28-14-25-16-17(24)26-19(23)27-18(16)28/h14-15H,11-13H2,1-10H3,(H2,24,26,27). The van der Waals surface area contributed by atoms with Crippen LogP contribution in [-0.4, -0.2) is 49.4 Å². The number of imidazole rings is 1. The number of hydrogen-bond donors (Lipinski definition) is 1. The van der Waals surface area contributed by atoms with E-state index >= 15 is 0 Å². The third-order valence-corrected chi connectivity index (χ3v) is 17.1. The van der Waals surface area contributed by atoms with Crippen molar-refractivity contribution in [3.05, 3.63) is 11.6 Å². The van der Waals surface area contributed by atoms with Crippen LogP contribution in [0.4, 0.5) is 5.82 Å². The normalized spacial score (nSPS) is 19.5. The van der Waals surface area contributed by atoms with Crippen LogP contribution in [0.15, 0.2) is 6.33 Å². The van der Waals surface area contributed by atoms with Crippen molar-refractivity contribution in [2.45, 2.75) is 90.3 Å². The van der Waals surface area contributed by atoms with Gasteiger partial charge < -0.3 is 19.2 Å². The first-order valence-electron chi connectivity index (χ1n) is 11.3. The highest BCUT2D eigenvalue weighted by molar-refractivity contribution is 6.74.